The van der Waals surface area contributed by atoms with Crippen molar-refractivity contribution in [3.8, 4) is 0 Å². The molecule has 0 heterocycles. The Kier molecular flexibility index (Phi) is 8.37. The van der Waals surface area contributed by atoms with Gasteiger partial charge in [-0.15, -0.1) is 0 Å². The van der Waals surface area contributed by atoms with Gasteiger partial charge in [0.1, 0.15) is 0 Å². The molecule has 0 aromatic carbocycles. The lowest BCUT2D eigenvalue weighted by molar-refractivity contribution is -0.135. The molecule has 0 aromatic heterocycles. The van der Waals surface area contributed by atoms with E-state index in [0.29, 0.717) is 31.3 Å². The lowest BCUT2D eigenvalue weighted by Gasteiger charge is -2.23. The Morgan fingerprint density at radius 2 is 1.78 bits per heavy atom. The Bertz CT molecular complexity index is 267. The predicted octanol–water partition coefficient (Wildman–Crippen LogP) is 0.721. The van der Waals surface area contributed by atoms with Gasteiger partial charge in [-0.1, -0.05) is 20.8 Å². The third-order valence-electron chi connectivity index (χ3n) is 2.80. The van der Waals surface area contributed by atoms with Crippen molar-refractivity contribution in [3.63, 3.8) is 0 Å². The van der Waals surface area contributed by atoms with Gasteiger partial charge in [-0.25, -0.2) is 0 Å². The first-order chi connectivity index (χ1) is 8.36. The Morgan fingerprint density at radius 3 is 2.22 bits per heavy atom. The molecule has 0 aliphatic rings. The zero-order valence-corrected chi connectivity index (χ0v) is 11.8. The van der Waals surface area contributed by atoms with Crippen LogP contribution in [0.1, 0.15) is 40.0 Å². The van der Waals surface area contributed by atoms with Gasteiger partial charge in [0.2, 0.25) is 11.8 Å². The molecule has 0 fully saturated rings. The Labute approximate surface area is 110 Å². The average Bonchev–Trinajstić information content (AvgIpc) is 2.24. The molecule has 2 amide bonds. The van der Waals surface area contributed by atoms with Crippen molar-refractivity contribution in [2.45, 2.75) is 40.0 Å². The van der Waals surface area contributed by atoms with Crippen LogP contribution in [0.25, 0.3) is 0 Å². The summed E-state index contributed by atoms with van der Waals surface area (Å²) in [5.41, 5.74) is 10.6. The minimum absolute atomic E-state index is 0.00590. The smallest absolute Gasteiger partial charge is 0.237 e. The van der Waals surface area contributed by atoms with Crippen molar-refractivity contribution < 1.29 is 9.59 Å². The van der Waals surface area contributed by atoms with Crippen LogP contribution in [0.4, 0.5) is 0 Å². The van der Waals surface area contributed by atoms with Crippen molar-refractivity contribution >= 4 is 11.8 Å². The second-order valence-electron chi connectivity index (χ2n) is 5.36. The molecule has 5 heteroatoms. The lowest BCUT2D eigenvalue weighted by Crippen LogP contribution is -2.40. The summed E-state index contributed by atoms with van der Waals surface area (Å²) in [4.78, 5) is 24.5. The van der Waals surface area contributed by atoms with E-state index < -0.39 is 5.91 Å². The maximum Gasteiger partial charge on any atom is 0.237 e. The summed E-state index contributed by atoms with van der Waals surface area (Å²) in [6.07, 6.45) is 2.19. The normalized spacial score (nSPS) is 12.5. The number of nitrogens with zero attached hydrogens (tertiary/aromatic N) is 1. The average molecular weight is 257 g/mol. The molecule has 0 aromatic rings. The van der Waals surface area contributed by atoms with Crippen LogP contribution < -0.4 is 11.5 Å². The van der Waals surface area contributed by atoms with Crippen LogP contribution in [0, 0.1) is 11.8 Å². The number of rotatable bonds is 9. The number of hydrogen-bond acceptors (Lipinski definition) is 3. The number of amides is 2. The molecule has 0 aliphatic carbocycles. The zero-order valence-electron chi connectivity index (χ0n) is 11.8. The van der Waals surface area contributed by atoms with Gasteiger partial charge in [-0.05, 0) is 31.2 Å². The summed E-state index contributed by atoms with van der Waals surface area (Å²) in [7, 11) is 0. The topological polar surface area (TPSA) is 89.4 Å². The van der Waals surface area contributed by atoms with E-state index in [1.807, 2.05) is 13.8 Å². The van der Waals surface area contributed by atoms with E-state index in [2.05, 4.69) is 6.92 Å². The third kappa shape index (κ3) is 8.06. The molecule has 0 saturated heterocycles. The lowest BCUT2D eigenvalue weighted by atomic mass is 10.0. The highest BCUT2D eigenvalue weighted by Gasteiger charge is 2.17. The first-order valence-electron chi connectivity index (χ1n) is 6.63. The van der Waals surface area contributed by atoms with Crippen LogP contribution in [0.3, 0.4) is 0 Å². The van der Waals surface area contributed by atoms with Crippen molar-refractivity contribution in [2.75, 3.05) is 19.6 Å². The highest BCUT2D eigenvalue weighted by atomic mass is 16.2. The quantitative estimate of drug-likeness (QED) is 0.638. The Balaban J connectivity index is 4.24. The molecular weight excluding hydrogens is 230 g/mol. The zero-order chi connectivity index (χ0) is 14.1. The van der Waals surface area contributed by atoms with Gasteiger partial charge in [-0.3, -0.25) is 9.59 Å². The highest BCUT2D eigenvalue weighted by molar-refractivity contribution is 5.83. The molecule has 18 heavy (non-hydrogen) atoms. The predicted molar refractivity (Wildman–Crippen MR) is 72.7 cm³/mol. The fourth-order valence-corrected chi connectivity index (χ4v) is 1.84. The first kappa shape index (κ1) is 16.9. The summed E-state index contributed by atoms with van der Waals surface area (Å²) < 4.78 is 0. The monoisotopic (exact) mass is 257 g/mol. The van der Waals surface area contributed by atoms with Gasteiger partial charge in [0.05, 0.1) is 6.54 Å². The fourth-order valence-electron chi connectivity index (χ4n) is 1.84. The van der Waals surface area contributed by atoms with E-state index in [0.717, 1.165) is 12.8 Å². The Hall–Kier alpha value is -1.10. The van der Waals surface area contributed by atoms with Crippen LogP contribution in [0.15, 0.2) is 0 Å². The number of carbonyl (C=O) groups excluding carboxylic acids is 2. The van der Waals surface area contributed by atoms with Gasteiger partial charge in [0.25, 0.3) is 0 Å². The molecule has 0 rings (SSSR count). The van der Waals surface area contributed by atoms with E-state index in [-0.39, 0.29) is 12.5 Å². The van der Waals surface area contributed by atoms with Crippen molar-refractivity contribution in [2.24, 2.45) is 23.3 Å². The van der Waals surface area contributed by atoms with E-state index in [9.17, 15) is 9.59 Å². The number of carbonyl (C=O) groups is 2. The summed E-state index contributed by atoms with van der Waals surface area (Å²) in [5.74, 6) is 0.313. The molecular formula is C13H27N3O2. The molecule has 0 saturated carbocycles. The standard InChI is InChI=1S/C13H27N3O2/c1-10(2)8-16(9-12(15)17)13(18)5-4-11(3)6-7-14/h10-11H,4-9,14H2,1-3H3,(H2,15,17). The summed E-state index contributed by atoms with van der Waals surface area (Å²) in [6, 6.07) is 0. The minimum atomic E-state index is -0.459. The van der Waals surface area contributed by atoms with Gasteiger partial charge >= 0.3 is 0 Å². The first-order valence-corrected chi connectivity index (χ1v) is 6.63. The number of primary amides is 1. The van der Waals surface area contributed by atoms with E-state index in [1.165, 1.54) is 0 Å². The molecule has 5 nitrogen and oxygen atoms in total. The molecule has 1 unspecified atom stereocenters. The van der Waals surface area contributed by atoms with Crippen molar-refractivity contribution in [1.82, 2.24) is 4.90 Å². The maximum absolute atomic E-state index is 12.0. The van der Waals surface area contributed by atoms with Crippen LogP contribution in [-0.4, -0.2) is 36.3 Å². The Morgan fingerprint density at radius 1 is 1.17 bits per heavy atom. The second kappa shape index (κ2) is 8.91. The van der Waals surface area contributed by atoms with Gasteiger partial charge in [0, 0.05) is 13.0 Å². The second-order valence-corrected chi connectivity index (χ2v) is 5.36. The van der Waals surface area contributed by atoms with Gasteiger partial charge in [-0.2, -0.15) is 0 Å². The maximum atomic E-state index is 12.0. The summed E-state index contributed by atoms with van der Waals surface area (Å²) in [5, 5.41) is 0. The van der Waals surface area contributed by atoms with E-state index in [1.54, 1.807) is 4.90 Å². The van der Waals surface area contributed by atoms with Crippen molar-refractivity contribution in [1.29, 1.82) is 0 Å². The summed E-state index contributed by atoms with van der Waals surface area (Å²) in [6.45, 7) is 7.35. The molecule has 106 valence electrons. The molecule has 0 spiro atoms. The fraction of sp³-hybridized carbons (Fsp3) is 0.846. The molecule has 0 radical (unpaired) electrons. The van der Waals surface area contributed by atoms with Crippen LogP contribution in [0.5, 0.6) is 0 Å². The van der Waals surface area contributed by atoms with Gasteiger partial charge < -0.3 is 16.4 Å². The van der Waals surface area contributed by atoms with Crippen LogP contribution in [0.2, 0.25) is 0 Å². The molecule has 4 N–H and O–H groups in total. The van der Waals surface area contributed by atoms with E-state index in [4.69, 9.17) is 11.5 Å². The third-order valence-corrected chi connectivity index (χ3v) is 2.80. The molecule has 0 bridgehead atoms. The molecule has 0 aliphatic heterocycles. The SMILES string of the molecule is CC(C)CN(CC(N)=O)C(=O)CCC(C)CCN. The number of hydrogen-bond donors (Lipinski definition) is 2. The minimum Gasteiger partial charge on any atom is -0.368 e. The molecule has 1 atom stereocenters. The van der Waals surface area contributed by atoms with Crippen LogP contribution in [-0.2, 0) is 9.59 Å². The summed E-state index contributed by atoms with van der Waals surface area (Å²) >= 11 is 0. The largest absolute Gasteiger partial charge is 0.368 e. The highest BCUT2D eigenvalue weighted by Crippen LogP contribution is 2.11. The van der Waals surface area contributed by atoms with Crippen LogP contribution >= 0.6 is 0 Å². The number of nitrogens with two attached hydrogens (primary N) is 2. The van der Waals surface area contributed by atoms with E-state index >= 15 is 0 Å². The van der Waals surface area contributed by atoms with Gasteiger partial charge in [0.15, 0.2) is 0 Å². The van der Waals surface area contributed by atoms with Crippen molar-refractivity contribution in [3.05, 3.63) is 0 Å².